The largest absolute Gasteiger partial charge is 0.496 e. The van der Waals surface area contributed by atoms with Gasteiger partial charge in [-0.15, -0.1) is 10.2 Å². The second kappa shape index (κ2) is 7.96. The minimum absolute atomic E-state index is 0.0790. The zero-order chi connectivity index (χ0) is 18.5. The number of amides is 1. The first-order valence-electron chi connectivity index (χ1n) is 7.41. The number of nitrogens with zero attached hydrogens (tertiary/aromatic N) is 2. The summed E-state index contributed by atoms with van der Waals surface area (Å²) in [6.07, 6.45) is 0. The zero-order valence-corrected chi connectivity index (χ0v) is 14.3. The van der Waals surface area contributed by atoms with Crippen LogP contribution in [0.25, 0.3) is 11.5 Å². The maximum absolute atomic E-state index is 13.5. The van der Waals surface area contributed by atoms with Crippen molar-refractivity contribution >= 4 is 23.4 Å². The molecule has 0 aliphatic rings. The van der Waals surface area contributed by atoms with Crippen molar-refractivity contribution < 1.29 is 22.7 Å². The summed E-state index contributed by atoms with van der Waals surface area (Å²) < 4.78 is 37.1. The highest BCUT2D eigenvalue weighted by molar-refractivity contribution is 7.99. The lowest BCUT2D eigenvalue weighted by Gasteiger charge is -2.05. The van der Waals surface area contributed by atoms with Crippen LogP contribution in [0.5, 0.6) is 5.75 Å². The first-order valence-corrected chi connectivity index (χ1v) is 8.40. The number of ether oxygens (including phenoxy) is 1. The molecule has 1 heterocycles. The number of thioether (sulfide) groups is 1. The Morgan fingerprint density at radius 2 is 2.04 bits per heavy atom. The Morgan fingerprint density at radius 1 is 1.23 bits per heavy atom. The van der Waals surface area contributed by atoms with Crippen LogP contribution in [0.2, 0.25) is 0 Å². The number of nitrogens with one attached hydrogen (secondary N) is 1. The quantitative estimate of drug-likeness (QED) is 0.659. The van der Waals surface area contributed by atoms with Gasteiger partial charge in [0, 0.05) is 6.07 Å². The van der Waals surface area contributed by atoms with Crippen LogP contribution in [0, 0.1) is 11.6 Å². The number of benzene rings is 2. The molecule has 6 nitrogen and oxygen atoms in total. The number of anilines is 1. The Balaban J connectivity index is 1.62. The van der Waals surface area contributed by atoms with Crippen molar-refractivity contribution in [1.29, 1.82) is 0 Å². The van der Waals surface area contributed by atoms with Crippen LogP contribution in [0.15, 0.2) is 52.1 Å². The van der Waals surface area contributed by atoms with Crippen LogP contribution in [-0.2, 0) is 4.79 Å². The predicted molar refractivity (Wildman–Crippen MR) is 92.0 cm³/mol. The van der Waals surface area contributed by atoms with Crippen LogP contribution in [-0.4, -0.2) is 29.0 Å². The third-order valence-electron chi connectivity index (χ3n) is 3.28. The Morgan fingerprint density at radius 3 is 2.81 bits per heavy atom. The summed E-state index contributed by atoms with van der Waals surface area (Å²) in [7, 11) is 1.53. The Labute approximate surface area is 151 Å². The van der Waals surface area contributed by atoms with Crippen molar-refractivity contribution in [2.45, 2.75) is 5.22 Å². The van der Waals surface area contributed by atoms with Gasteiger partial charge in [0.25, 0.3) is 11.1 Å². The summed E-state index contributed by atoms with van der Waals surface area (Å²) in [4.78, 5) is 11.9. The van der Waals surface area contributed by atoms with Crippen molar-refractivity contribution in [3.63, 3.8) is 0 Å². The van der Waals surface area contributed by atoms with Gasteiger partial charge in [0.2, 0.25) is 5.91 Å². The summed E-state index contributed by atoms with van der Waals surface area (Å²) in [5.41, 5.74) is 0.532. The van der Waals surface area contributed by atoms with Gasteiger partial charge in [-0.3, -0.25) is 4.79 Å². The van der Waals surface area contributed by atoms with Crippen LogP contribution in [0.4, 0.5) is 14.5 Å². The number of carbonyl (C=O) groups is 1. The number of rotatable bonds is 6. The van der Waals surface area contributed by atoms with Gasteiger partial charge in [-0.2, -0.15) is 0 Å². The SMILES string of the molecule is COc1ccccc1-c1nnc(SCC(=O)Nc2ccc(F)cc2F)o1. The van der Waals surface area contributed by atoms with E-state index >= 15 is 0 Å². The van der Waals surface area contributed by atoms with Gasteiger partial charge in [0.05, 0.1) is 24.1 Å². The molecule has 0 bridgehead atoms. The molecular weight excluding hydrogens is 364 g/mol. The second-order valence-corrected chi connectivity index (χ2v) is 5.96. The molecule has 9 heteroatoms. The summed E-state index contributed by atoms with van der Waals surface area (Å²) in [6, 6.07) is 10.1. The third-order valence-corrected chi connectivity index (χ3v) is 4.09. The smallest absolute Gasteiger partial charge is 0.277 e. The van der Waals surface area contributed by atoms with E-state index in [0.717, 1.165) is 23.9 Å². The van der Waals surface area contributed by atoms with E-state index in [0.29, 0.717) is 17.4 Å². The summed E-state index contributed by atoms with van der Waals surface area (Å²) >= 11 is 0.996. The standard InChI is InChI=1S/C17H13F2N3O3S/c1-24-14-5-3-2-4-11(14)16-21-22-17(25-16)26-9-15(23)20-13-7-6-10(18)8-12(13)19/h2-8H,9H2,1H3,(H,20,23). The first-order chi connectivity index (χ1) is 12.6. The number of hydrogen-bond donors (Lipinski definition) is 1. The highest BCUT2D eigenvalue weighted by Crippen LogP contribution is 2.30. The number of para-hydroxylation sites is 1. The minimum atomic E-state index is -0.848. The van der Waals surface area contributed by atoms with Gasteiger partial charge in [0.15, 0.2) is 0 Å². The van der Waals surface area contributed by atoms with Crippen molar-refractivity contribution in [1.82, 2.24) is 10.2 Å². The Kier molecular flexibility index (Phi) is 5.47. The lowest BCUT2D eigenvalue weighted by Crippen LogP contribution is -2.15. The fourth-order valence-corrected chi connectivity index (χ4v) is 2.67. The molecule has 0 saturated heterocycles. The minimum Gasteiger partial charge on any atom is -0.496 e. The molecule has 1 N–H and O–H groups in total. The van der Waals surface area contributed by atoms with Gasteiger partial charge in [0.1, 0.15) is 17.4 Å². The van der Waals surface area contributed by atoms with Gasteiger partial charge in [-0.25, -0.2) is 8.78 Å². The van der Waals surface area contributed by atoms with E-state index < -0.39 is 17.5 Å². The molecule has 0 aliphatic carbocycles. The zero-order valence-electron chi connectivity index (χ0n) is 13.5. The molecule has 0 fully saturated rings. The number of methoxy groups -OCH3 is 1. The average Bonchev–Trinajstić information content (AvgIpc) is 3.11. The molecule has 1 aromatic heterocycles. The normalized spacial score (nSPS) is 10.6. The van der Waals surface area contributed by atoms with E-state index in [1.165, 1.54) is 7.11 Å². The Hall–Kier alpha value is -2.94. The summed E-state index contributed by atoms with van der Waals surface area (Å²) in [5.74, 6) is -1.29. The van der Waals surface area contributed by atoms with Crippen LogP contribution >= 0.6 is 11.8 Å². The van der Waals surface area contributed by atoms with Crippen LogP contribution < -0.4 is 10.1 Å². The molecule has 0 unspecified atom stereocenters. The van der Waals surface area contributed by atoms with E-state index in [2.05, 4.69) is 15.5 Å². The van der Waals surface area contributed by atoms with Crippen molar-refractivity contribution in [3.8, 4) is 17.2 Å². The van der Waals surface area contributed by atoms with Gasteiger partial charge in [-0.05, 0) is 24.3 Å². The van der Waals surface area contributed by atoms with E-state index in [-0.39, 0.29) is 22.6 Å². The number of carbonyl (C=O) groups excluding carboxylic acids is 1. The van der Waals surface area contributed by atoms with E-state index in [1.54, 1.807) is 18.2 Å². The van der Waals surface area contributed by atoms with Gasteiger partial charge in [-0.1, -0.05) is 23.9 Å². The lowest BCUT2D eigenvalue weighted by atomic mass is 10.2. The van der Waals surface area contributed by atoms with Crippen molar-refractivity contribution in [2.24, 2.45) is 0 Å². The molecule has 2 aromatic carbocycles. The lowest BCUT2D eigenvalue weighted by molar-refractivity contribution is -0.113. The third kappa shape index (κ3) is 4.17. The maximum atomic E-state index is 13.5. The maximum Gasteiger partial charge on any atom is 0.277 e. The molecule has 0 aliphatic heterocycles. The topological polar surface area (TPSA) is 77.2 Å². The number of aromatic nitrogens is 2. The molecule has 134 valence electrons. The first kappa shape index (κ1) is 17.9. The highest BCUT2D eigenvalue weighted by atomic mass is 32.2. The van der Waals surface area contributed by atoms with Crippen LogP contribution in [0.3, 0.4) is 0 Å². The summed E-state index contributed by atoms with van der Waals surface area (Å²) in [5, 5.41) is 10.3. The molecule has 0 radical (unpaired) electrons. The number of halogens is 2. The average molecular weight is 377 g/mol. The van der Waals surface area contributed by atoms with Crippen molar-refractivity contribution in [3.05, 3.63) is 54.1 Å². The summed E-state index contributed by atoms with van der Waals surface area (Å²) in [6.45, 7) is 0. The fraction of sp³-hybridized carbons (Fsp3) is 0.118. The molecule has 0 atom stereocenters. The van der Waals surface area contributed by atoms with Crippen molar-refractivity contribution in [2.75, 3.05) is 18.2 Å². The molecule has 1 amide bonds. The van der Waals surface area contributed by atoms with E-state index in [1.807, 2.05) is 6.07 Å². The fourth-order valence-electron chi connectivity index (χ4n) is 2.10. The van der Waals surface area contributed by atoms with Crippen LogP contribution in [0.1, 0.15) is 0 Å². The monoisotopic (exact) mass is 377 g/mol. The molecule has 26 heavy (non-hydrogen) atoms. The van der Waals surface area contributed by atoms with Gasteiger partial charge < -0.3 is 14.5 Å². The molecular formula is C17H13F2N3O3S. The number of hydrogen-bond acceptors (Lipinski definition) is 6. The molecule has 0 spiro atoms. The predicted octanol–water partition coefficient (Wildman–Crippen LogP) is 3.75. The molecule has 3 rings (SSSR count). The molecule has 3 aromatic rings. The molecule has 0 saturated carbocycles. The van der Waals surface area contributed by atoms with E-state index in [9.17, 15) is 13.6 Å². The van der Waals surface area contributed by atoms with E-state index in [4.69, 9.17) is 9.15 Å². The second-order valence-electron chi connectivity index (χ2n) is 5.03. The van der Waals surface area contributed by atoms with Gasteiger partial charge >= 0.3 is 0 Å². The Bertz CT molecular complexity index is 933. The highest BCUT2D eigenvalue weighted by Gasteiger charge is 2.15.